The summed E-state index contributed by atoms with van der Waals surface area (Å²) in [5.41, 5.74) is 1.34. The number of sulfone groups is 1. The first-order chi connectivity index (χ1) is 10.5. The van der Waals surface area contributed by atoms with Crippen LogP contribution < -0.4 is 0 Å². The molecule has 1 aromatic carbocycles. The quantitative estimate of drug-likeness (QED) is 0.803. The standard InChI is InChI=1S/C17H22O4S/c18-17(21-16-10-11-22(19,20)12-16)15-8-6-14(7-9-15)13-4-2-1-3-5-13/h1-5,14-16H,6-12H2/t14?,15?,16-/m0/s1. The van der Waals surface area contributed by atoms with Crippen molar-refractivity contribution in [3.05, 3.63) is 35.9 Å². The summed E-state index contributed by atoms with van der Waals surface area (Å²) in [6, 6.07) is 10.4. The Kier molecular flexibility index (Phi) is 4.52. The summed E-state index contributed by atoms with van der Waals surface area (Å²) in [7, 11) is -2.99. The molecule has 1 aliphatic heterocycles. The van der Waals surface area contributed by atoms with Crippen LogP contribution in [0.3, 0.4) is 0 Å². The summed E-state index contributed by atoms with van der Waals surface area (Å²) in [6.07, 6.45) is 3.67. The van der Waals surface area contributed by atoms with E-state index < -0.39 is 15.9 Å². The minimum Gasteiger partial charge on any atom is -0.461 e. The highest BCUT2D eigenvalue weighted by Crippen LogP contribution is 2.36. The van der Waals surface area contributed by atoms with Gasteiger partial charge in [-0.15, -0.1) is 0 Å². The molecule has 1 aromatic rings. The number of esters is 1. The Hall–Kier alpha value is -1.36. The van der Waals surface area contributed by atoms with E-state index in [-0.39, 0.29) is 23.4 Å². The van der Waals surface area contributed by atoms with Gasteiger partial charge in [0.25, 0.3) is 0 Å². The van der Waals surface area contributed by atoms with E-state index in [9.17, 15) is 13.2 Å². The SMILES string of the molecule is O=C(O[C@H]1CCS(=O)(=O)C1)C1CCC(c2ccccc2)CC1. The van der Waals surface area contributed by atoms with Crippen molar-refractivity contribution in [3.63, 3.8) is 0 Å². The van der Waals surface area contributed by atoms with Gasteiger partial charge in [0.15, 0.2) is 9.84 Å². The highest BCUT2D eigenvalue weighted by Gasteiger charge is 2.34. The Morgan fingerprint density at radius 3 is 2.27 bits per heavy atom. The molecule has 0 N–H and O–H groups in total. The first-order valence-electron chi connectivity index (χ1n) is 7.99. The minimum absolute atomic E-state index is 0.00188. The average Bonchev–Trinajstić information content (AvgIpc) is 2.87. The second kappa shape index (κ2) is 6.41. The van der Waals surface area contributed by atoms with Gasteiger partial charge >= 0.3 is 5.97 Å². The van der Waals surface area contributed by atoms with E-state index >= 15 is 0 Å². The normalized spacial score (nSPS) is 30.8. The van der Waals surface area contributed by atoms with Crippen LogP contribution in [0.5, 0.6) is 0 Å². The zero-order valence-corrected chi connectivity index (χ0v) is 13.4. The number of carbonyl (C=O) groups is 1. The van der Waals surface area contributed by atoms with Crippen molar-refractivity contribution in [2.75, 3.05) is 11.5 Å². The van der Waals surface area contributed by atoms with Crippen molar-refractivity contribution < 1.29 is 17.9 Å². The van der Waals surface area contributed by atoms with E-state index in [0.29, 0.717) is 12.3 Å². The number of rotatable bonds is 3. The molecule has 0 aromatic heterocycles. The lowest BCUT2D eigenvalue weighted by atomic mass is 9.79. The molecule has 0 unspecified atom stereocenters. The second-order valence-corrected chi connectivity index (χ2v) is 8.65. The zero-order chi connectivity index (χ0) is 15.6. The molecule has 5 heteroatoms. The summed E-state index contributed by atoms with van der Waals surface area (Å²) in [6.45, 7) is 0. The first kappa shape index (κ1) is 15.5. The minimum atomic E-state index is -2.99. The van der Waals surface area contributed by atoms with Gasteiger partial charge in [0.2, 0.25) is 0 Å². The number of benzene rings is 1. The van der Waals surface area contributed by atoms with Crippen LogP contribution in [0.15, 0.2) is 30.3 Å². The van der Waals surface area contributed by atoms with Crippen molar-refractivity contribution in [1.29, 1.82) is 0 Å². The van der Waals surface area contributed by atoms with Crippen molar-refractivity contribution in [2.45, 2.75) is 44.1 Å². The summed E-state index contributed by atoms with van der Waals surface area (Å²) in [5, 5.41) is 0. The lowest BCUT2D eigenvalue weighted by molar-refractivity contribution is -0.154. The molecule has 4 nitrogen and oxygen atoms in total. The molecule has 0 amide bonds. The zero-order valence-electron chi connectivity index (χ0n) is 12.6. The third kappa shape index (κ3) is 3.69. The van der Waals surface area contributed by atoms with Gasteiger partial charge in [0.05, 0.1) is 17.4 Å². The van der Waals surface area contributed by atoms with Gasteiger partial charge < -0.3 is 4.74 Å². The third-order valence-electron chi connectivity index (χ3n) is 4.80. The molecule has 0 radical (unpaired) electrons. The fourth-order valence-corrected chi connectivity index (χ4v) is 5.09. The molecule has 1 saturated heterocycles. The summed E-state index contributed by atoms with van der Waals surface area (Å²) in [4.78, 5) is 12.2. The molecular formula is C17H22O4S. The topological polar surface area (TPSA) is 60.4 Å². The molecule has 3 rings (SSSR count). The molecule has 120 valence electrons. The number of hydrogen-bond donors (Lipinski definition) is 0. The van der Waals surface area contributed by atoms with Gasteiger partial charge in [-0.3, -0.25) is 4.79 Å². The molecule has 1 aliphatic carbocycles. The van der Waals surface area contributed by atoms with E-state index in [2.05, 4.69) is 24.3 Å². The van der Waals surface area contributed by atoms with E-state index in [1.165, 1.54) is 5.56 Å². The largest absolute Gasteiger partial charge is 0.461 e. The molecule has 2 fully saturated rings. The van der Waals surface area contributed by atoms with E-state index in [0.717, 1.165) is 25.7 Å². The van der Waals surface area contributed by atoms with Gasteiger partial charge in [0, 0.05) is 0 Å². The Balaban J connectivity index is 1.50. The highest BCUT2D eigenvalue weighted by atomic mass is 32.2. The Labute approximate surface area is 131 Å². The van der Waals surface area contributed by atoms with Crippen LogP contribution >= 0.6 is 0 Å². The predicted octanol–water partition coefficient (Wildman–Crippen LogP) is 2.69. The lowest BCUT2D eigenvalue weighted by Crippen LogP contribution is -2.27. The number of carbonyl (C=O) groups excluding carboxylic acids is 1. The molecule has 22 heavy (non-hydrogen) atoms. The van der Waals surface area contributed by atoms with Crippen LogP contribution in [0.1, 0.15) is 43.6 Å². The highest BCUT2D eigenvalue weighted by molar-refractivity contribution is 7.91. The van der Waals surface area contributed by atoms with E-state index in [4.69, 9.17) is 4.74 Å². The second-order valence-electron chi connectivity index (χ2n) is 6.42. The van der Waals surface area contributed by atoms with Crippen molar-refractivity contribution >= 4 is 15.8 Å². The van der Waals surface area contributed by atoms with Gasteiger partial charge in [0.1, 0.15) is 6.10 Å². The number of hydrogen-bond acceptors (Lipinski definition) is 4. The maximum atomic E-state index is 12.2. The smallest absolute Gasteiger partial charge is 0.309 e. The number of ether oxygens (including phenoxy) is 1. The van der Waals surface area contributed by atoms with Gasteiger partial charge in [-0.25, -0.2) is 8.42 Å². The molecule has 1 atom stereocenters. The predicted molar refractivity (Wildman–Crippen MR) is 84.3 cm³/mol. The van der Waals surface area contributed by atoms with Gasteiger partial charge in [-0.2, -0.15) is 0 Å². The lowest BCUT2D eigenvalue weighted by Gasteiger charge is -2.28. The van der Waals surface area contributed by atoms with E-state index in [1.807, 2.05) is 6.07 Å². The van der Waals surface area contributed by atoms with Crippen LogP contribution in [-0.4, -0.2) is 32.0 Å². The van der Waals surface area contributed by atoms with Crippen LogP contribution in [0.4, 0.5) is 0 Å². The van der Waals surface area contributed by atoms with Gasteiger partial charge in [-0.1, -0.05) is 30.3 Å². The molecule has 0 bridgehead atoms. The van der Waals surface area contributed by atoms with Crippen LogP contribution in [0.2, 0.25) is 0 Å². The average molecular weight is 322 g/mol. The van der Waals surface area contributed by atoms with Crippen molar-refractivity contribution in [3.8, 4) is 0 Å². The van der Waals surface area contributed by atoms with Crippen LogP contribution in [-0.2, 0) is 19.4 Å². The third-order valence-corrected chi connectivity index (χ3v) is 6.54. The monoisotopic (exact) mass is 322 g/mol. The molecular weight excluding hydrogens is 300 g/mol. The van der Waals surface area contributed by atoms with Crippen LogP contribution in [0.25, 0.3) is 0 Å². The van der Waals surface area contributed by atoms with E-state index in [1.54, 1.807) is 0 Å². The summed E-state index contributed by atoms with van der Waals surface area (Å²) < 4.78 is 28.2. The molecule has 2 aliphatic rings. The van der Waals surface area contributed by atoms with Gasteiger partial charge in [-0.05, 0) is 43.6 Å². The fraction of sp³-hybridized carbons (Fsp3) is 0.588. The summed E-state index contributed by atoms with van der Waals surface area (Å²) >= 11 is 0. The molecule has 1 saturated carbocycles. The Morgan fingerprint density at radius 2 is 1.68 bits per heavy atom. The summed E-state index contributed by atoms with van der Waals surface area (Å²) in [5.74, 6) is 0.401. The molecule has 0 spiro atoms. The Morgan fingerprint density at radius 1 is 1.00 bits per heavy atom. The fourth-order valence-electron chi connectivity index (χ4n) is 3.50. The maximum absolute atomic E-state index is 12.2. The van der Waals surface area contributed by atoms with Crippen molar-refractivity contribution in [1.82, 2.24) is 0 Å². The van der Waals surface area contributed by atoms with Crippen molar-refractivity contribution in [2.24, 2.45) is 5.92 Å². The maximum Gasteiger partial charge on any atom is 0.309 e. The molecule has 1 heterocycles. The first-order valence-corrected chi connectivity index (χ1v) is 9.81. The Bertz CT molecular complexity index is 615. The van der Waals surface area contributed by atoms with Crippen LogP contribution in [0, 0.1) is 5.92 Å².